The predicted octanol–water partition coefficient (Wildman–Crippen LogP) is 3.10. The van der Waals surface area contributed by atoms with Crippen LogP contribution in [0.1, 0.15) is 11.5 Å². The molecule has 0 aromatic heterocycles. The van der Waals surface area contributed by atoms with Crippen LogP contribution in [-0.4, -0.2) is 33.0 Å². The van der Waals surface area contributed by atoms with Gasteiger partial charge in [-0.15, -0.1) is 0 Å². The van der Waals surface area contributed by atoms with Crippen molar-refractivity contribution in [2.45, 2.75) is 12.2 Å². The fraction of sp³-hybridized carbons (Fsp3) is 0.294. The molecule has 1 atom stereocenters. The SMILES string of the molecule is COc1ccc(-c2cccc([C@H]3COB(O)C3)c2)c(F)c1OC. The largest absolute Gasteiger partial charge is 0.493 e. The molecule has 0 unspecified atom stereocenters. The minimum Gasteiger partial charge on any atom is -0.493 e. The third-order valence-electron chi connectivity index (χ3n) is 4.13. The molecule has 2 aromatic rings. The van der Waals surface area contributed by atoms with Crippen LogP contribution in [0.4, 0.5) is 4.39 Å². The number of methoxy groups -OCH3 is 2. The normalized spacial score (nSPS) is 17.4. The van der Waals surface area contributed by atoms with Crippen molar-refractivity contribution in [2.24, 2.45) is 0 Å². The highest BCUT2D eigenvalue weighted by molar-refractivity contribution is 6.43. The summed E-state index contributed by atoms with van der Waals surface area (Å²) in [5.41, 5.74) is 2.22. The average molecular weight is 316 g/mol. The van der Waals surface area contributed by atoms with Gasteiger partial charge in [0.05, 0.1) is 14.2 Å². The van der Waals surface area contributed by atoms with E-state index in [4.69, 9.17) is 14.1 Å². The first-order chi connectivity index (χ1) is 11.1. The first kappa shape index (κ1) is 15.8. The van der Waals surface area contributed by atoms with E-state index in [1.165, 1.54) is 14.2 Å². The molecule has 23 heavy (non-hydrogen) atoms. The molecular weight excluding hydrogens is 298 g/mol. The van der Waals surface area contributed by atoms with E-state index in [0.29, 0.717) is 24.2 Å². The molecule has 120 valence electrons. The van der Waals surface area contributed by atoms with Gasteiger partial charge >= 0.3 is 7.12 Å². The van der Waals surface area contributed by atoms with Gasteiger partial charge in [-0.1, -0.05) is 24.3 Å². The van der Waals surface area contributed by atoms with Crippen molar-refractivity contribution < 1.29 is 23.5 Å². The van der Waals surface area contributed by atoms with Gasteiger partial charge < -0.3 is 19.2 Å². The van der Waals surface area contributed by atoms with Crippen LogP contribution >= 0.6 is 0 Å². The first-order valence-electron chi connectivity index (χ1n) is 7.44. The fourth-order valence-corrected chi connectivity index (χ4v) is 2.91. The van der Waals surface area contributed by atoms with E-state index in [2.05, 4.69) is 0 Å². The molecule has 0 saturated carbocycles. The Morgan fingerprint density at radius 3 is 2.70 bits per heavy atom. The summed E-state index contributed by atoms with van der Waals surface area (Å²) in [5.74, 6) is 0.118. The maximum atomic E-state index is 14.7. The smallest absolute Gasteiger partial charge is 0.454 e. The molecule has 1 aliphatic heterocycles. The average Bonchev–Trinajstić information content (AvgIpc) is 3.01. The van der Waals surface area contributed by atoms with Gasteiger partial charge in [-0.25, -0.2) is 4.39 Å². The summed E-state index contributed by atoms with van der Waals surface area (Å²) in [7, 11) is 2.17. The second-order valence-corrected chi connectivity index (χ2v) is 5.51. The molecule has 6 heteroatoms. The van der Waals surface area contributed by atoms with E-state index >= 15 is 0 Å². The van der Waals surface area contributed by atoms with E-state index in [-0.39, 0.29) is 11.7 Å². The zero-order chi connectivity index (χ0) is 16.4. The highest BCUT2D eigenvalue weighted by Crippen LogP contribution is 2.38. The summed E-state index contributed by atoms with van der Waals surface area (Å²) in [5, 5.41) is 9.50. The zero-order valence-corrected chi connectivity index (χ0v) is 13.1. The topological polar surface area (TPSA) is 47.9 Å². The number of hydrogen-bond donors (Lipinski definition) is 1. The van der Waals surface area contributed by atoms with E-state index in [1.807, 2.05) is 24.3 Å². The Balaban J connectivity index is 1.99. The quantitative estimate of drug-likeness (QED) is 0.881. The molecule has 2 aromatic carbocycles. The Labute approximate surface area is 135 Å². The standard InChI is InChI=1S/C17H18BFO4/c1-21-15-7-6-14(16(19)17(15)22-2)12-5-3-4-11(8-12)13-9-18(20)23-10-13/h3-8,13,20H,9-10H2,1-2H3/t13-/m1/s1. The number of benzene rings is 2. The van der Waals surface area contributed by atoms with Gasteiger partial charge in [0.25, 0.3) is 0 Å². The van der Waals surface area contributed by atoms with Crippen molar-refractivity contribution >= 4 is 7.12 Å². The Morgan fingerprint density at radius 2 is 2.04 bits per heavy atom. The third-order valence-corrected chi connectivity index (χ3v) is 4.13. The van der Waals surface area contributed by atoms with Crippen molar-refractivity contribution in [3.8, 4) is 22.6 Å². The zero-order valence-electron chi connectivity index (χ0n) is 13.1. The third kappa shape index (κ3) is 3.05. The second kappa shape index (κ2) is 6.60. The van der Waals surface area contributed by atoms with E-state index < -0.39 is 12.9 Å². The van der Waals surface area contributed by atoms with E-state index in [9.17, 15) is 9.41 Å². The van der Waals surface area contributed by atoms with Crippen molar-refractivity contribution in [3.05, 3.63) is 47.8 Å². The maximum Gasteiger partial charge on any atom is 0.454 e. The number of rotatable bonds is 4. The highest BCUT2D eigenvalue weighted by Gasteiger charge is 2.29. The monoisotopic (exact) mass is 316 g/mol. The molecule has 1 fully saturated rings. The lowest BCUT2D eigenvalue weighted by Gasteiger charge is -2.14. The molecule has 0 radical (unpaired) electrons. The minimum absolute atomic E-state index is 0.0926. The first-order valence-corrected chi connectivity index (χ1v) is 7.44. The molecule has 1 N–H and O–H groups in total. The number of hydrogen-bond acceptors (Lipinski definition) is 4. The lowest BCUT2D eigenvalue weighted by Crippen LogP contribution is -2.07. The van der Waals surface area contributed by atoms with Crippen molar-refractivity contribution in [1.29, 1.82) is 0 Å². The van der Waals surface area contributed by atoms with Crippen LogP contribution in [-0.2, 0) is 4.65 Å². The van der Waals surface area contributed by atoms with Crippen LogP contribution in [0.5, 0.6) is 11.5 Å². The van der Waals surface area contributed by atoms with Crippen LogP contribution < -0.4 is 9.47 Å². The van der Waals surface area contributed by atoms with Crippen molar-refractivity contribution in [2.75, 3.05) is 20.8 Å². The van der Waals surface area contributed by atoms with E-state index in [0.717, 1.165) is 11.1 Å². The Morgan fingerprint density at radius 1 is 1.22 bits per heavy atom. The Kier molecular flexibility index (Phi) is 4.55. The maximum absolute atomic E-state index is 14.7. The van der Waals surface area contributed by atoms with E-state index in [1.54, 1.807) is 12.1 Å². The highest BCUT2D eigenvalue weighted by atomic mass is 19.1. The van der Waals surface area contributed by atoms with Gasteiger partial charge in [-0.3, -0.25) is 0 Å². The van der Waals surface area contributed by atoms with Gasteiger partial charge in [-0.05, 0) is 29.6 Å². The number of halogens is 1. The summed E-state index contributed by atoms with van der Waals surface area (Å²) in [6, 6.07) is 11.0. The van der Waals surface area contributed by atoms with Crippen molar-refractivity contribution in [1.82, 2.24) is 0 Å². The molecule has 1 heterocycles. The Hall–Kier alpha value is -2.05. The molecule has 3 rings (SSSR count). The fourth-order valence-electron chi connectivity index (χ4n) is 2.91. The summed E-state index contributed by atoms with van der Waals surface area (Å²) >= 11 is 0. The molecule has 0 aliphatic carbocycles. The van der Waals surface area contributed by atoms with Gasteiger partial charge in [-0.2, -0.15) is 0 Å². The van der Waals surface area contributed by atoms with Crippen LogP contribution in [0.2, 0.25) is 6.32 Å². The molecule has 1 saturated heterocycles. The van der Waals surface area contributed by atoms with Gasteiger partial charge in [0.15, 0.2) is 17.3 Å². The lowest BCUT2D eigenvalue weighted by molar-refractivity contribution is 0.292. The molecular formula is C17H18BFO4. The van der Waals surface area contributed by atoms with Crippen LogP contribution in [0.3, 0.4) is 0 Å². The summed E-state index contributed by atoms with van der Waals surface area (Å²) in [4.78, 5) is 0. The molecule has 0 spiro atoms. The summed E-state index contributed by atoms with van der Waals surface area (Å²) in [6.07, 6.45) is 0.553. The van der Waals surface area contributed by atoms with Gasteiger partial charge in [0.2, 0.25) is 0 Å². The van der Waals surface area contributed by atoms with Gasteiger partial charge in [0, 0.05) is 18.1 Å². The van der Waals surface area contributed by atoms with Gasteiger partial charge in [0.1, 0.15) is 0 Å². The predicted molar refractivity (Wildman–Crippen MR) is 86.4 cm³/mol. The summed E-state index contributed by atoms with van der Waals surface area (Å²) in [6.45, 7) is 0.471. The minimum atomic E-state index is -0.721. The summed E-state index contributed by atoms with van der Waals surface area (Å²) < 4.78 is 30.1. The Bertz CT molecular complexity index is 707. The molecule has 0 amide bonds. The van der Waals surface area contributed by atoms with Crippen LogP contribution in [0.25, 0.3) is 11.1 Å². The number of ether oxygens (including phenoxy) is 2. The lowest BCUT2D eigenvalue weighted by atomic mass is 9.79. The molecule has 1 aliphatic rings. The van der Waals surface area contributed by atoms with Crippen LogP contribution in [0, 0.1) is 5.82 Å². The van der Waals surface area contributed by atoms with Crippen LogP contribution in [0.15, 0.2) is 36.4 Å². The molecule has 0 bridgehead atoms. The second-order valence-electron chi connectivity index (χ2n) is 5.51. The molecule has 4 nitrogen and oxygen atoms in total. The van der Waals surface area contributed by atoms with Crippen molar-refractivity contribution in [3.63, 3.8) is 0 Å².